The molecule has 0 aliphatic heterocycles. The van der Waals surface area contributed by atoms with Crippen molar-refractivity contribution in [1.82, 2.24) is 4.98 Å². The van der Waals surface area contributed by atoms with Crippen LogP contribution >= 0.6 is 0 Å². The lowest BCUT2D eigenvalue weighted by Crippen LogP contribution is -2.04. The van der Waals surface area contributed by atoms with Crippen LogP contribution < -0.4 is 10.4 Å². The topological polar surface area (TPSA) is 89.6 Å². The lowest BCUT2D eigenvalue weighted by atomic mass is 10.3. The van der Waals surface area contributed by atoms with Crippen molar-refractivity contribution >= 4 is 17.1 Å². The zero-order chi connectivity index (χ0) is 11.7. The molecule has 0 saturated heterocycles. The molecule has 0 aliphatic carbocycles. The molecule has 0 atom stereocenters. The Hall–Kier alpha value is -2.37. The van der Waals surface area contributed by atoms with Crippen molar-refractivity contribution in [3.63, 3.8) is 0 Å². The molecular weight excluding hydrogens is 214 g/mol. The predicted molar refractivity (Wildman–Crippen MR) is 53.8 cm³/mol. The van der Waals surface area contributed by atoms with Gasteiger partial charge in [-0.1, -0.05) is 0 Å². The number of carboxylic acids is 1. The van der Waals surface area contributed by atoms with Crippen molar-refractivity contribution in [3.05, 3.63) is 34.3 Å². The summed E-state index contributed by atoms with van der Waals surface area (Å²) in [7, 11) is 1.36. The lowest BCUT2D eigenvalue weighted by Gasteiger charge is -2.03. The summed E-state index contributed by atoms with van der Waals surface area (Å²) in [6, 6.07) is 3.74. The second-order valence-electron chi connectivity index (χ2n) is 2.98. The molecule has 1 N–H and O–H groups in total. The number of fused-ring (bicyclic) bond motifs is 1. The van der Waals surface area contributed by atoms with Crippen molar-refractivity contribution in [2.24, 2.45) is 0 Å². The quantitative estimate of drug-likeness (QED) is 0.810. The Kier molecular flexibility index (Phi) is 2.32. The highest BCUT2D eigenvalue weighted by Crippen LogP contribution is 2.21. The molecule has 16 heavy (non-hydrogen) atoms. The summed E-state index contributed by atoms with van der Waals surface area (Å²) in [5.74, 6) is -0.968. The van der Waals surface area contributed by atoms with Crippen LogP contribution in [-0.4, -0.2) is 23.2 Å². The smallest absolute Gasteiger partial charge is 0.354 e. The number of aromatic carboxylic acids is 1. The first-order chi connectivity index (χ1) is 7.61. The van der Waals surface area contributed by atoms with E-state index in [9.17, 15) is 9.59 Å². The van der Waals surface area contributed by atoms with E-state index in [-0.39, 0.29) is 22.5 Å². The largest absolute Gasteiger partial charge is 0.494 e. The van der Waals surface area contributed by atoms with Crippen LogP contribution in [0.4, 0.5) is 0 Å². The Morgan fingerprint density at radius 3 is 2.88 bits per heavy atom. The first-order valence-corrected chi connectivity index (χ1v) is 4.34. The van der Waals surface area contributed by atoms with Crippen LogP contribution in [0, 0.1) is 0 Å². The molecule has 0 aliphatic rings. The lowest BCUT2D eigenvalue weighted by molar-refractivity contribution is 0.0691. The summed E-state index contributed by atoms with van der Waals surface area (Å²) in [6.07, 6.45) is 0. The average molecular weight is 221 g/mol. The Bertz CT molecular complexity index is 616. The number of pyridine rings is 1. The number of carbonyl (C=O) groups is 1. The molecule has 0 fully saturated rings. The normalized spacial score (nSPS) is 10.3. The summed E-state index contributed by atoms with van der Waals surface area (Å²) in [4.78, 5) is 25.6. The summed E-state index contributed by atoms with van der Waals surface area (Å²) in [6.45, 7) is 0. The van der Waals surface area contributed by atoms with Crippen LogP contribution in [-0.2, 0) is 0 Å². The third-order valence-electron chi connectivity index (χ3n) is 1.99. The Morgan fingerprint density at radius 1 is 1.50 bits per heavy atom. The minimum atomic E-state index is -1.16. The summed E-state index contributed by atoms with van der Waals surface area (Å²) in [5, 5.41) is 8.77. The first kappa shape index (κ1) is 10.2. The maximum absolute atomic E-state index is 11.1. The maximum Gasteiger partial charge on any atom is 0.354 e. The van der Waals surface area contributed by atoms with E-state index in [1.807, 2.05) is 0 Å². The highest BCUT2D eigenvalue weighted by atomic mass is 16.5. The number of methoxy groups -OCH3 is 1. The number of rotatable bonds is 2. The molecule has 0 aromatic carbocycles. The highest BCUT2D eigenvalue weighted by Gasteiger charge is 2.11. The van der Waals surface area contributed by atoms with Gasteiger partial charge in [-0.2, -0.15) is 0 Å². The predicted octanol–water partition coefficient (Wildman–Crippen LogP) is 0.895. The number of hydrogen-bond acceptors (Lipinski definition) is 5. The van der Waals surface area contributed by atoms with Crippen molar-refractivity contribution in [2.75, 3.05) is 7.11 Å². The molecule has 0 radical (unpaired) electrons. The van der Waals surface area contributed by atoms with E-state index in [1.165, 1.54) is 19.2 Å². The maximum atomic E-state index is 11.1. The number of carboxylic acid groups (broad SMARTS) is 1. The summed E-state index contributed by atoms with van der Waals surface area (Å²) < 4.78 is 9.78. The third kappa shape index (κ3) is 1.60. The summed E-state index contributed by atoms with van der Waals surface area (Å²) in [5.41, 5.74) is -0.315. The summed E-state index contributed by atoms with van der Waals surface area (Å²) >= 11 is 0. The van der Waals surface area contributed by atoms with E-state index in [1.54, 1.807) is 0 Å². The Balaban J connectivity index is 2.81. The van der Waals surface area contributed by atoms with Gasteiger partial charge in [-0.25, -0.2) is 14.6 Å². The molecular formula is C10H7NO5. The fourth-order valence-electron chi connectivity index (χ4n) is 1.29. The monoisotopic (exact) mass is 221 g/mol. The van der Waals surface area contributed by atoms with Gasteiger partial charge in [-0.05, 0) is 12.1 Å². The van der Waals surface area contributed by atoms with Gasteiger partial charge in [-0.3, -0.25) is 0 Å². The molecule has 82 valence electrons. The molecule has 0 unspecified atom stereocenters. The minimum absolute atomic E-state index is 0.139. The zero-order valence-electron chi connectivity index (χ0n) is 8.26. The second kappa shape index (κ2) is 3.65. The molecule has 0 bridgehead atoms. The van der Waals surface area contributed by atoms with Gasteiger partial charge < -0.3 is 14.3 Å². The van der Waals surface area contributed by atoms with Gasteiger partial charge >= 0.3 is 11.6 Å². The first-order valence-electron chi connectivity index (χ1n) is 4.34. The van der Waals surface area contributed by atoms with Gasteiger partial charge in [0.05, 0.1) is 13.2 Å². The van der Waals surface area contributed by atoms with Gasteiger partial charge in [-0.15, -0.1) is 0 Å². The van der Waals surface area contributed by atoms with Gasteiger partial charge in [0.2, 0.25) is 0 Å². The van der Waals surface area contributed by atoms with E-state index in [0.29, 0.717) is 0 Å². The molecule has 2 aromatic rings. The number of hydrogen-bond donors (Lipinski definition) is 1. The van der Waals surface area contributed by atoms with Gasteiger partial charge in [0.15, 0.2) is 11.3 Å². The molecule has 2 rings (SSSR count). The van der Waals surface area contributed by atoms with Crippen molar-refractivity contribution in [3.8, 4) is 5.75 Å². The van der Waals surface area contributed by atoms with E-state index < -0.39 is 11.6 Å². The van der Waals surface area contributed by atoms with Crippen molar-refractivity contribution < 1.29 is 19.1 Å². The van der Waals surface area contributed by atoms with Gasteiger partial charge in [0, 0.05) is 0 Å². The minimum Gasteiger partial charge on any atom is -0.494 e. The molecule has 0 saturated carbocycles. The SMILES string of the molecule is COc1cc(=O)oc2ccc(C(=O)O)nc12. The van der Waals surface area contributed by atoms with Crippen molar-refractivity contribution in [1.29, 1.82) is 0 Å². The third-order valence-corrected chi connectivity index (χ3v) is 1.99. The molecule has 2 heterocycles. The number of aromatic nitrogens is 1. The van der Waals surface area contributed by atoms with Crippen LogP contribution in [0.25, 0.3) is 11.1 Å². The number of ether oxygens (including phenoxy) is 1. The molecule has 2 aromatic heterocycles. The highest BCUT2D eigenvalue weighted by molar-refractivity contribution is 5.89. The Labute approximate surface area is 89.1 Å². The van der Waals surface area contributed by atoms with Crippen LogP contribution in [0.5, 0.6) is 5.75 Å². The van der Waals surface area contributed by atoms with Crippen LogP contribution in [0.3, 0.4) is 0 Å². The zero-order valence-corrected chi connectivity index (χ0v) is 8.26. The molecule has 6 heteroatoms. The van der Waals surface area contributed by atoms with E-state index >= 15 is 0 Å². The molecule has 6 nitrogen and oxygen atoms in total. The van der Waals surface area contributed by atoms with Crippen LogP contribution in [0.15, 0.2) is 27.4 Å². The number of nitrogens with zero attached hydrogens (tertiary/aromatic N) is 1. The fraction of sp³-hybridized carbons (Fsp3) is 0.100. The van der Waals surface area contributed by atoms with Gasteiger partial charge in [0.1, 0.15) is 11.2 Å². The van der Waals surface area contributed by atoms with E-state index in [2.05, 4.69) is 4.98 Å². The average Bonchev–Trinajstić information content (AvgIpc) is 2.27. The van der Waals surface area contributed by atoms with Crippen LogP contribution in [0.1, 0.15) is 10.5 Å². The van der Waals surface area contributed by atoms with Crippen molar-refractivity contribution in [2.45, 2.75) is 0 Å². The standard InChI is InChI=1S/C10H7NO5/c1-15-7-4-8(12)16-6-3-2-5(10(13)14)11-9(6)7/h2-4H,1H3,(H,13,14). The molecule has 0 spiro atoms. The Morgan fingerprint density at radius 2 is 2.25 bits per heavy atom. The van der Waals surface area contributed by atoms with E-state index in [4.69, 9.17) is 14.3 Å². The fourth-order valence-corrected chi connectivity index (χ4v) is 1.29. The second-order valence-corrected chi connectivity index (χ2v) is 2.98. The van der Waals surface area contributed by atoms with Gasteiger partial charge in [0.25, 0.3) is 0 Å². The van der Waals surface area contributed by atoms with E-state index in [0.717, 1.165) is 6.07 Å². The van der Waals surface area contributed by atoms with Crippen LogP contribution in [0.2, 0.25) is 0 Å². The molecule has 0 amide bonds.